The minimum atomic E-state index is -1.17. The molecule has 34 heavy (non-hydrogen) atoms. The molecule has 1 aliphatic heterocycles. The molecule has 3 aromatic carbocycles. The fraction of sp³-hybridized carbons (Fsp3) is 0.276. The van der Waals surface area contributed by atoms with Crippen LogP contribution in [0.3, 0.4) is 0 Å². The van der Waals surface area contributed by atoms with Gasteiger partial charge < -0.3 is 9.53 Å². The van der Waals surface area contributed by atoms with Gasteiger partial charge in [0, 0.05) is 5.92 Å². The number of amides is 2. The number of imide groups is 1. The van der Waals surface area contributed by atoms with Crippen molar-refractivity contribution in [3.05, 3.63) is 95.1 Å². The largest absolute Gasteiger partial charge is 0.494 e. The van der Waals surface area contributed by atoms with Gasteiger partial charge in [0.05, 0.1) is 29.5 Å². The van der Waals surface area contributed by atoms with Gasteiger partial charge in [-0.2, -0.15) is 0 Å². The van der Waals surface area contributed by atoms with Crippen LogP contribution in [0.15, 0.2) is 72.8 Å². The number of hydrogen-bond acceptors (Lipinski definition) is 4. The Bertz CT molecular complexity index is 1260. The number of benzene rings is 3. The lowest BCUT2D eigenvalue weighted by Gasteiger charge is -2.51. The molecule has 5 heteroatoms. The molecule has 0 radical (unpaired) electrons. The number of carbonyl (C=O) groups excluding carboxylic acids is 3. The van der Waals surface area contributed by atoms with Crippen LogP contribution < -0.4 is 9.64 Å². The van der Waals surface area contributed by atoms with E-state index >= 15 is 0 Å². The molecule has 3 aromatic rings. The molecular weight excluding hydrogens is 426 g/mol. The van der Waals surface area contributed by atoms with Gasteiger partial charge in [0.15, 0.2) is 0 Å². The first-order chi connectivity index (χ1) is 16.6. The van der Waals surface area contributed by atoms with E-state index in [1.165, 1.54) is 4.90 Å². The van der Waals surface area contributed by atoms with Crippen LogP contribution >= 0.6 is 0 Å². The van der Waals surface area contributed by atoms with E-state index in [0.29, 0.717) is 18.0 Å². The smallest absolute Gasteiger partial charge is 0.239 e. The number of rotatable bonds is 6. The fourth-order valence-corrected chi connectivity index (χ4v) is 6.31. The zero-order valence-corrected chi connectivity index (χ0v) is 18.9. The predicted octanol–water partition coefficient (Wildman–Crippen LogP) is 4.62. The lowest BCUT2D eigenvalue weighted by Crippen LogP contribution is -2.54. The first-order valence-electron chi connectivity index (χ1n) is 11.9. The monoisotopic (exact) mass is 451 g/mol. The highest BCUT2D eigenvalue weighted by Crippen LogP contribution is 2.63. The maximum atomic E-state index is 13.9. The minimum Gasteiger partial charge on any atom is -0.494 e. The Kier molecular flexibility index (Phi) is 4.70. The van der Waals surface area contributed by atoms with E-state index in [2.05, 4.69) is 6.92 Å². The summed E-state index contributed by atoms with van der Waals surface area (Å²) in [6.45, 7) is 2.73. The summed E-state index contributed by atoms with van der Waals surface area (Å²) < 4.78 is 5.74. The van der Waals surface area contributed by atoms with Crippen LogP contribution in [0.25, 0.3) is 0 Å². The van der Waals surface area contributed by atoms with Crippen molar-refractivity contribution in [3.8, 4) is 5.75 Å². The highest BCUT2D eigenvalue weighted by Gasteiger charge is 2.68. The number of hydrogen-bond donors (Lipinski definition) is 0. The van der Waals surface area contributed by atoms with Crippen molar-refractivity contribution in [2.24, 2.45) is 11.8 Å². The summed E-state index contributed by atoms with van der Waals surface area (Å²) in [6, 6.07) is 22.6. The molecule has 5 nitrogen and oxygen atoms in total. The molecule has 2 bridgehead atoms. The van der Waals surface area contributed by atoms with E-state index in [1.807, 2.05) is 48.5 Å². The van der Waals surface area contributed by atoms with Gasteiger partial charge in [-0.15, -0.1) is 0 Å². The molecule has 7 rings (SSSR count). The zero-order valence-electron chi connectivity index (χ0n) is 18.9. The second-order valence-corrected chi connectivity index (χ2v) is 9.35. The third kappa shape index (κ3) is 2.58. The predicted molar refractivity (Wildman–Crippen MR) is 128 cm³/mol. The van der Waals surface area contributed by atoms with Gasteiger partial charge in [-0.05, 0) is 52.9 Å². The maximum absolute atomic E-state index is 13.9. The summed E-state index contributed by atoms with van der Waals surface area (Å²) in [6.07, 6.45) is 2.91. The van der Waals surface area contributed by atoms with Crippen LogP contribution in [0.1, 0.15) is 47.9 Å². The Morgan fingerprint density at radius 2 is 1.50 bits per heavy atom. The lowest BCUT2D eigenvalue weighted by molar-refractivity contribution is -0.128. The molecule has 4 aliphatic rings. The van der Waals surface area contributed by atoms with E-state index < -0.39 is 17.3 Å². The first kappa shape index (κ1) is 20.8. The van der Waals surface area contributed by atoms with E-state index in [0.717, 1.165) is 41.4 Å². The Morgan fingerprint density at radius 3 is 2.09 bits per heavy atom. The molecule has 0 unspecified atom stereocenters. The molecule has 1 saturated heterocycles. The molecule has 1 fully saturated rings. The molecule has 1 heterocycles. The fourth-order valence-electron chi connectivity index (χ4n) is 6.31. The second kappa shape index (κ2) is 7.66. The third-order valence-electron chi connectivity index (χ3n) is 7.73. The van der Waals surface area contributed by atoms with Crippen molar-refractivity contribution >= 4 is 23.8 Å². The summed E-state index contributed by atoms with van der Waals surface area (Å²) in [5.74, 6) is -1.46. The van der Waals surface area contributed by atoms with E-state index in [1.54, 1.807) is 24.3 Å². The SMILES string of the molecule is CCCCOc1ccc(N2C(=O)[C@@H]3[C@@H](C2=O)C2c4ccccc4C3(C=O)c3ccccc32)cc1. The van der Waals surface area contributed by atoms with Crippen LogP contribution in [0, 0.1) is 11.8 Å². The average Bonchev–Trinajstić information content (AvgIpc) is 3.15. The number of aldehydes is 1. The van der Waals surface area contributed by atoms with Crippen LogP contribution in [0.4, 0.5) is 5.69 Å². The summed E-state index contributed by atoms with van der Waals surface area (Å²) in [4.78, 5) is 42.1. The van der Waals surface area contributed by atoms with Gasteiger partial charge in [-0.25, -0.2) is 4.90 Å². The highest BCUT2D eigenvalue weighted by atomic mass is 16.5. The van der Waals surface area contributed by atoms with Gasteiger partial charge in [-0.1, -0.05) is 61.9 Å². The molecule has 0 N–H and O–H groups in total. The van der Waals surface area contributed by atoms with Crippen LogP contribution in [0.5, 0.6) is 5.75 Å². The van der Waals surface area contributed by atoms with Crippen molar-refractivity contribution in [3.63, 3.8) is 0 Å². The second-order valence-electron chi connectivity index (χ2n) is 9.35. The number of unbranched alkanes of at least 4 members (excludes halogenated alkanes) is 1. The zero-order chi connectivity index (χ0) is 23.4. The maximum Gasteiger partial charge on any atom is 0.239 e. The molecule has 0 saturated carbocycles. The van der Waals surface area contributed by atoms with E-state index in [4.69, 9.17) is 4.74 Å². The Balaban J connectivity index is 1.46. The topological polar surface area (TPSA) is 63.7 Å². The van der Waals surface area contributed by atoms with Gasteiger partial charge in [-0.3, -0.25) is 9.59 Å². The Morgan fingerprint density at radius 1 is 0.882 bits per heavy atom. The third-order valence-corrected chi connectivity index (χ3v) is 7.73. The van der Waals surface area contributed by atoms with Crippen molar-refractivity contribution < 1.29 is 19.1 Å². The van der Waals surface area contributed by atoms with Gasteiger partial charge in [0.2, 0.25) is 11.8 Å². The summed E-state index contributed by atoms with van der Waals surface area (Å²) in [5, 5.41) is 0. The van der Waals surface area contributed by atoms with Crippen molar-refractivity contribution in [1.82, 2.24) is 0 Å². The molecule has 3 aliphatic carbocycles. The van der Waals surface area contributed by atoms with Gasteiger partial charge in [0.1, 0.15) is 12.0 Å². The number of carbonyl (C=O) groups is 3. The van der Waals surface area contributed by atoms with Crippen molar-refractivity contribution in [1.29, 1.82) is 0 Å². The van der Waals surface area contributed by atoms with Gasteiger partial charge >= 0.3 is 0 Å². The number of ether oxygens (including phenoxy) is 1. The minimum absolute atomic E-state index is 0.241. The molecular formula is C29H25NO4. The molecule has 2 amide bonds. The Hall–Kier alpha value is -3.73. The first-order valence-corrected chi connectivity index (χ1v) is 11.9. The Labute approximate surface area is 198 Å². The van der Waals surface area contributed by atoms with E-state index in [9.17, 15) is 14.4 Å². The summed E-state index contributed by atoms with van der Waals surface area (Å²) >= 11 is 0. The van der Waals surface area contributed by atoms with Crippen LogP contribution in [0.2, 0.25) is 0 Å². The lowest BCUT2D eigenvalue weighted by atomic mass is 9.48. The molecule has 0 spiro atoms. The standard InChI is InChI=1S/C29H25NO4/c1-2-3-16-34-19-14-12-18(13-15-19)30-27(32)25-24-20-8-4-6-10-22(20)29(17-31,26(25)28(30)33)23-11-7-5-9-21(23)24/h4-15,17,24-26H,2-3,16H2,1H3/t24?,25-,26-,29?/m0/s1. The van der Waals surface area contributed by atoms with Crippen LogP contribution in [-0.2, 0) is 19.8 Å². The van der Waals surface area contributed by atoms with Gasteiger partial charge in [0.25, 0.3) is 0 Å². The number of anilines is 1. The van der Waals surface area contributed by atoms with Crippen LogP contribution in [-0.4, -0.2) is 24.7 Å². The highest BCUT2D eigenvalue weighted by molar-refractivity contribution is 6.24. The van der Waals surface area contributed by atoms with E-state index in [-0.39, 0.29) is 17.7 Å². The molecule has 170 valence electrons. The number of nitrogens with zero attached hydrogens (tertiary/aromatic N) is 1. The van der Waals surface area contributed by atoms with Crippen molar-refractivity contribution in [2.45, 2.75) is 31.1 Å². The average molecular weight is 452 g/mol. The van der Waals surface area contributed by atoms with Crippen molar-refractivity contribution in [2.75, 3.05) is 11.5 Å². The summed E-state index contributed by atoms with van der Waals surface area (Å²) in [5.41, 5.74) is 2.97. The normalized spacial score (nSPS) is 26.1. The quantitative estimate of drug-likeness (QED) is 0.312. The molecule has 2 atom stereocenters. The molecule has 0 aromatic heterocycles. The summed E-state index contributed by atoms with van der Waals surface area (Å²) in [7, 11) is 0.